The molecule has 0 spiro atoms. The molecule has 0 amide bonds. The van der Waals surface area contributed by atoms with Gasteiger partial charge in [0.05, 0.1) is 26.9 Å². The predicted octanol–water partition coefficient (Wildman–Crippen LogP) is 1.37. The van der Waals surface area contributed by atoms with E-state index in [4.69, 9.17) is 19.3 Å². The summed E-state index contributed by atoms with van der Waals surface area (Å²) >= 11 is 0. The lowest BCUT2D eigenvalue weighted by Gasteiger charge is -2.12. The number of rotatable bonds is 6. The molecule has 0 atom stereocenters. The maximum atomic E-state index is 11.7. The van der Waals surface area contributed by atoms with Gasteiger partial charge < -0.3 is 19.3 Å². The van der Waals surface area contributed by atoms with E-state index in [2.05, 4.69) is 0 Å². The lowest BCUT2D eigenvalue weighted by atomic mass is 10.1. The van der Waals surface area contributed by atoms with Gasteiger partial charge in [-0.1, -0.05) is 0 Å². The lowest BCUT2D eigenvalue weighted by molar-refractivity contribution is -0.135. The van der Waals surface area contributed by atoms with Crippen LogP contribution in [-0.4, -0.2) is 38.2 Å². The van der Waals surface area contributed by atoms with Crippen LogP contribution in [-0.2, 0) is 4.79 Å². The average Bonchev–Trinajstić information content (AvgIpc) is 2.36. The molecule has 1 aromatic rings. The molecule has 0 fully saturated rings. The van der Waals surface area contributed by atoms with Crippen LogP contribution in [0, 0.1) is 0 Å². The van der Waals surface area contributed by atoms with E-state index in [1.165, 1.54) is 33.5 Å². The highest BCUT2D eigenvalue weighted by Crippen LogP contribution is 2.35. The van der Waals surface area contributed by atoms with Gasteiger partial charge in [0.15, 0.2) is 17.3 Å². The number of methoxy groups -OCH3 is 3. The van der Waals surface area contributed by atoms with E-state index in [1.807, 2.05) is 0 Å². The zero-order valence-electron chi connectivity index (χ0n) is 10.4. The first-order chi connectivity index (χ1) is 8.53. The van der Waals surface area contributed by atoms with E-state index in [9.17, 15) is 9.59 Å². The first-order valence-corrected chi connectivity index (χ1v) is 5.08. The Morgan fingerprint density at radius 1 is 1.00 bits per heavy atom. The van der Waals surface area contributed by atoms with Crippen LogP contribution >= 0.6 is 0 Å². The molecule has 0 aliphatic carbocycles. The lowest BCUT2D eigenvalue weighted by Crippen LogP contribution is -2.09. The normalized spacial score (nSPS) is 9.72. The smallest absolute Gasteiger partial charge is 0.311 e. The molecule has 0 radical (unpaired) electrons. The predicted molar refractivity (Wildman–Crippen MR) is 62.7 cm³/mol. The van der Waals surface area contributed by atoms with E-state index in [0.29, 0.717) is 11.5 Å². The van der Waals surface area contributed by atoms with E-state index < -0.39 is 18.2 Å². The summed E-state index contributed by atoms with van der Waals surface area (Å²) in [5, 5.41) is 8.62. The van der Waals surface area contributed by atoms with Crippen molar-refractivity contribution in [1.29, 1.82) is 0 Å². The number of carboxylic acid groups (broad SMARTS) is 1. The summed E-state index contributed by atoms with van der Waals surface area (Å²) in [6.45, 7) is 0. The number of ether oxygens (including phenoxy) is 3. The maximum Gasteiger partial charge on any atom is 0.311 e. The number of carbonyl (C=O) groups is 2. The zero-order chi connectivity index (χ0) is 13.7. The molecule has 0 bridgehead atoms. The second-order valence-corrected chi connectivity index (χ2v) is 3.40. The SMILES string of the molecule is COc1cc(OC)c(C(=O)CC(=O)O)cc1OC. The molecular formula is C12H14O6. The van der Waals surface area contributed by atoms with Crippen LogP contribution in [0.5, 0.6) is 17.2 Å². The Hall–Kier alpha value is -2.24. The van der Waals surface area contributed by atoms with Crippen molar-refractivity contribution in [3.63, 3.8) is 0 Å². The molecule has 98 valence electrons. The number of ketones is 1. The van der Waals surface area contributed by atoms with Gasteiger partial charge in [0.2, 0.25) is 0 Å². The topological polar surface area (TPSA) is 82.1 Å². The molecule has 0 aliphatic rings. The van der Waals surface area contributed by atoms with E-state index in [1.54, 1.807) is 0 Å². The van der Waals surface area contributed by atoms with Crippen molar-refractivity contribution in [2.75, 3.05) is 21.3 Å². The van der Waals surface area contributed by atoms with Gasteiger partial charge in [-0.15, -0.1) is 0 Å². The number of carbonyl (C=O) groups excluding carboxylic acids is 1. The van der Waals surface area contributed by atoms with Crippen molar-refractivity contribution in [3.8, 4) is 17.2 Å². The van der Waals surface area contributed by atoms with E-state index in [0.717, 1.165) is 0 Å². The molecule has 0 saturated heterocycles. The van der Waals surface area contributed by atoms with Gasteiger partial charge in [-0.05, 0) is 6.07 Å². The third-order valence-electron chi connectivity index (χ3n) is 2.32. The largest absolute Gasteiger partial charge is 0.496 e. The van der Waals surface area contributed by atoms with Crippen LogP contribution in [0.1, 0.15) is 16.8 Å². The standard InChI is InChI=1S/C12H14O6/c1-16-9-6-11(18-3)10(17-2)4-7(9)8(13)5-12(14)15/h4,6H,5H2,1-3H3,(H,14,15). The molecule has 0 aliphatic heterocycles. The first-order valence-electron chi connectivity index (χ1n) is 5.08. The van der Waals surface area contributed by atoms with E-state index >= 15 is 0 Å². The minimum Gasteiger partial charge on any atom is -0.496 e. The van der Waals surface area contributed by atoms with Gasteiger partial charge in [-0.2, -0.15) is 0 Å². The number of hydrogen-bond donors (Lipinski definition) is 1. The monoisotopic (exact) mass is 254 g/mol. The Morgan fingerprint density at radius 3 is 1.94 bits per heavy atom. The minimum absolute atomic E-state index is 0.151. The summed E-state index contributed by atoms with van der Waals surface area (Å²) in [5.41, 5.74) is 0.151. The van der Waals surface area contributed by atoms with Crippen LogP contribution < -0.4 is 14.2 Å². The molecule has 0 heterocycles. The van der Waals surface area contributed by atoms with Crippen LogP contribution in [0.2, 0.25) is 0 Å². The van der Waals surface area contributed by atoms with Crippen molar-refractivity contribution in [2.45, 2.75) is 6.42 Å². The van der Waals surface area contributed by atoms with E-state index in [-0.39, 0.29) is 11.3 Å². The van der Waals surface area contributed by atoms with Crippen molar-refractivity contribution in [2.24, 2.45) is 0 Å². The summed E-state index contributed by atoms with van der Waals surface area (Å²) in [4.78, 5) is 22.3. The Balaban J connectivity index is 3.24. The highest BCUT2D eigenvalue weighted by atomic mass is 16.5. The highest BCUT2D eigenvalue weighted by molar-refractivity contribution is 6.07. The fourth-order valence-corrected chi connectivity index (χ4v) is 1.48. The summed E-state index contributed by atoms with van der Waals surface area (Å²) in [6, 6.07) is 2.89. The fraction of sp³-hybridized carbons (Fsp3) is 0.333. The molecule has 1 aromatic carbocycles. The van der Waals surface area contributed by atoms with Crippen LogP contribution in [0.25, 0.3) is 0 Å². The molecule has 0 saturated carbocycles. The summed E-state index contributed by atoms with van der Waals surface area (Å²) < 4.78 is 15.2. The third-order valence-corrected chi connectivity index (χ3v) is 2.32. The molecule has 0 aromatic heterocycles. The number of carboxylic acids is 1. The molecular weight excluding hydrogens is 240 g/mol. The van der Waals surface area contributed by atoms with Crippen molar-refractivity contribution < 1.29 is 28.9 Å². The molecule has 18 heavy (non-hydrogen) atoms. The Labute approximate surface area is 104 Å². The molecule has 6 heteroatoms. The molecule has 6 nitrogen and oxygen atoms in total. The van der Waals surface area contributed by atoms with Crippen LogP contribution in [0.3, 0.4) is 0 Å². The summed E-state index contributed by atoms with van der Waals surface area (Å²) in [7, 11) is 4.27. The van der Waals surface area contributed by atoms with Crippen molar-refractivity contribution in [3.05, 3.63) is 17.7 Å². The quantitative estimate of drug-likeness (QED) is 0.610. The second-order valence-electron chi connectivity index (χ2n) is 3.40. The van der Waals surface area contributed by atoms with Gasteiger partial charge in [0, 0.05) is 6.07 Å². The molecule has 0 unspecified atom stereocenters. The second kappa shape index (κ2) is 5.90. The Bertz CT molecular complexity index is 466. The van der Waals surface area contributed by atoms with Gasteiger partial charge >= 0.3 is 5.97 Å². The van der Waals surface area contributed by atoms with Gasteiger partial charge in [-0.25, -0.2) is 0 Å². The van der Waals surface area contributed by atoms with Gasteiger partial charge in [-0.3, -0.25) is 9.59 Å². The average molecular weight is 254 g/mol. The number of aliphatic carboxylic acids is 1. The fourth-order valence-electron chi connectivity index (χ4n) is 1.48. The van der Waals surface area contributed by atoms with Gasteiger partial charge in [0.25, 0.3) is 0 Å². The van der Waals surface area contributed by atoms with Crippen LogP contribution in [0.15, 0.2) is 12.1 Å². The number of hydrogen-bond acceptors (Lipinski definition) is 5. The van der Waals surface area contributed by atoms with Crippen molar-refractivity contribution >= 4 is 11.8 Å². The Kier molecular flexibility index (Phi) is 4.53. The zero-order valence-corrected chi connectivity index (χ0v) is 10.4. The third kappa shape index (κ3) is 2.91. The molecule has 1 rings (SSSR count). The highest BCUT2D eigenvalue weighted by Gasteiger charge is 2.19. The van der Waals surface area contributed by atoms with Crippen LogP contribution in [0.4, 0.5) is 0 Å². The minimum atomic E-state index is -1.20. The summed E-state index contributed by atoms with van der Waals surface area (Å²) in [5.74, 6) is -0.760. The number of Topliss-reactive ketones (excluding diaryl/α,β-unsaturated/α-hetero) is 1. The number of benzene rings is 1. The van der Waals surface area contributed by atoms with Crippen molar-refractivity contribution in [1.82, 2.24) is 0 Å². The maximum absolute atomic E-state index is 11.7. The Morgan fingerprint density at radius 2 is 1.50 bits per heavy atom. The molecule has 1 N–H and O–H groups in total. The van der Waals surface area contributed by atoms with Gasteiger partial charge in [0.1, 0.15) is 12.2 Å². The first kappa shape index (κ1) is 13.8. The summed E-state index contributed by atoms with van der Waals surface area (Å²) in [6.07, 6.45) is -0.605.